The Labute approximate surface area is 131 Å². The van der Waals surface area contributed by atoms with E-state index in [4.69, 9.17) is 15.6 Å². The number of hydrogen-bond donors (Lipinski definition) is 0. The van der Waals surface area contributed by atoms with Crippen molar-refractivity contribution < 1.29 is 23.5 Å². The minimum atomic E-state index is -0.850. The Morgan fingerprint density at radius 2 is 1.61 bits per heavy atom. The van der Waals surface area contributed by atoms with Gasteiger partial charge in [-0.1, -0.05) is 42.8 Å². The molecule has 0 aliphatic rings. The van der Waals surface area contributed by atoms with Crippen molar-refractivity contribution in [1.29, 1.82) is 0 Å². The van der Waals surface area contributed by atoms with Crippen molar-refractivity contribution >= 4 is 22.7 Å². The number of hydrogen-bond acceptors (Lipinski definition) is 5. The maximum atomic E-state index is 12.1. The van der Waals surface area contributed by atoms with E-state index in [0.717, 1.165) is 10.8 Å². The molecule has 0 unspecified atom stereocenters. The molecule has 1 heterocycles. The van der Waals surface area contributed by atoms with Crippen molar-refractivity contribution in [2.24, 2.45) is 0 Å². The van der Waals surface area contributed by atoms with Crippen LogP contribution in [0.1, 0.15) is 21.1 Å². The smallest absolute Gasteiger partial charge is 0.388 e. The number of fused-ring (bicyclic) bond motifs is 1. The lowest BCUT2D eigenvalue weighted by Crippen LogP contribution is -2.07. The van der Waals surface area contributed by atoms with E-state index in [9.17, 15) is 9.59 Å². The molecular formula is C18H10O5. The molecular weight excluding hydrogens is 296 g/mol. The molecule has 0 saturated heterocycles. The van der Waals surface area contributed by atoms with E-state index < -0.39 is 11.9 Å². The van der Waals surface area contributed by atoms with Crippen LogP contribution in [0.2, 0.25) is 0 Å². The number of ether oxygens (including phenoxy) is 2. The Morgan fingerprint density at radius 1 is 0.913 bits per heavy atom. The Balaban J connectivity index is 1.84. The van der Waals surface area contributed by atoms with E-state index in [-0.39, 0.29) is 11.5 Å². The predicted molar refractivity (Wildman–Crippen MR) is 81.9 cm³/mol. The van der Waals surface area contributed by atoms with Crippen molar-refractivity contribution in [2.75, 3.05) is 0 Å². The zero-order chi connectivity index (χ0) is 16.2. The number of furan rings is 1. The minimum absolute atomic E-state index is 0.123. The van der Waals surface area contributed by atoms with Gasteiger partial charge in [0, 0.05) is 5.39 Å². The summed E-state index contributed by atoms with van der Waals surface area (Å²) in [5, 5.41) is 1.73. The normalized spacial score (nSPS) is 10.0. The summed E-state index contributed by atoms with van der Waals surface area (Å²) in [5.74, 6) is -1.47. The first-order chi connectivity index (χ1) is 11.2. The Hall–Kier alpha value is -3.52. The quantitative estimate of drug-likeness (QED) is 0.421. The molecule has 3 rings (SSSR count). The van der Waals surface area contributed by atoms with Gasteiger partial charge in [0.2, 0.25) is 11.5 Å². The Morgan fingerprint density at radius 3 is 2.39 bits per heavy atom. The van der Waals surface area contributed by atoms with Crippen molar-refractivity contribution in [2.45, 2.75) is 0 Å². The molecule has 0 saturated carbocycles. The van der Waals surface area contributed by atoms with Crippen LogP contribution >= 0.6 is 0 Å². The standard InChI is InChI=1S/C18H10O5/c1-2-21-17(19)15-10-11-16(22-15)18(20)23-14-9-5-7-12-6-3-4-8-13(12)14/h1,3-11H. The summed E-state index contributed by atoms with van der Waals surface area (Å²) in [6.45, 7) is 0. The van der Waals surface area contributed by atoms with Crippen molar-refractivity contribution in [3.63, 3.8) is 0 Å². The predicted octanol–water partition coefficient (Wildman–Crippen LogP) is 3.40. The molecule has 0 spiro atoms. The van der Waals surface area contributed by atoms with Crippen LogP contribution in [0.15, 0.2) is 59.0 Å². The summed E-state index contributed by atoms with van der Waals surface area (Å²) in [7, 11) is 0. The fourth-order valence-corrected chi connectivity index (χ4v) is 2.10. The average Bonchev–Trinajstić information content (AvgIpc) is 3.06. The van der Waals surface area contributed by atoms with Gasteiger partial charge < -0.3 is 13.9 Å². The molecule has 0 atom stereocenters. The van der Waals surface area contributed by atoms with Crippen molar-refractivity contribution in [1.82, 2.24) is 0 Å². The van der Waals surface area contributed by atoms with E-state index >= 15 is 0 Å². The van der Waals surface area contributed by atoms with Crippen LogP contribution in [-0.4, -0.2) is 11.9 Å². The van der Waals surface area contributed by atoms with Crippen LogP contribution in [0.25, 0.3) is 10.8 Å². The number of carbonyl (C=O) groups is 2. The monoisotopic (exact) mass is 306 g/mol. The van der Waals surface area contributed by atoms with Gasteiger partial charge in [0.25, 0.3) is 0 Å². The highest BCUT2D eigenvalue weighted by Gasteiger charge is 2.19. The molecule has 0 fully saturated rings. The molecule has 1 aromatic heterocycles. The number of terminal acetylenes is 1. The van der Waals surface area contributed by atoms with Gasteiger partial charge in [-0.3, -0.25) is 0 Å². The summed E-state index contributed by atoms with van der Waals surface area (Å²) in [6, 6.07) is 15.5. The van der Waals surface area contributed by atoms with Crippen molar-refractivity contribution in [3.05, 3.63) is 66.1 Å². The lowest BCUT2D eigenvalue weighted by Gasteiger charge is -2.06. The third kappa shape index (κ3) is 2.92. The maximum absolute atomic E-state index is 12.1. The summed E-state index contributed by atoms with van der Waals surface area (Å²) in [4.78, 5) is 23.5. The third-order valence-electron chi connectivity index (χ3n) is 3.11. The highest BCUT2D eigenvalue weighted by atomic mass is 16.6. The highest BCUT2D eigenvalue weighted by Crippen LogP contribution is 2.26. The maximum Gasteiger partial charge on any atom is 0.388 e. The zero-order valence-corrected chi connectivity index (χ0v) is 11.8. The molecule has 0 amide bonds. The van der Waals surface area contributed by atoms with Gasteiger partial charge in [-0.25, -0.2) is 9.59 Å². The minimum Gasteiger partial charge on any atom is -0.442 e. The molecule has 2 aromatic carbocycles. The van der Waals surface area contributed by atoms with Gasteiger partial charge >= 0.3 is 11.9 Å². The molecule has 5 nitrogen and oxygen atoms in total. The van der Waals surface area contributed by atoms with E-state index in [1.54, 1.807) is 18.2 Å². The number of rotatable bonds is 3. The van der Waals surface area contributed by atoms with Gasteiger partial charge in [0.05, 0.1) is 0 Å². The Kier molecular flexibility index (Phi) is 3.81. The van der Waals surface area contributed by atoms with E-state index in [1.807, 2.05) is 30.3 Å². The van der Waals surface area contributed by atoms with Crippen LogP contribution in [0.4, 0.5) is 0 Å². The van der Waals surface area contributed by atoms with E-state index in [1.165, 1.54) is 12.1 Å². The van der Waals surface area contributed by atoms with Gasteiger partial charge in [0.15, 0.2) is 0 Å². The van der Waals surface area contributed by atoms with Crippen LogP contribution < -0.4 is 4.74 Å². The van der Waals surface area contributed by atoms with Crippen LogP contribution in [0.3, 0.4) is 0 Å². The van der Waals surface area contributed by atoms with Crippen LogP contribution in [-0.2, 0) is 4.74 Å². The lowest BCUT2D eigenvalue weighted by molar-refractivity contribution is 0.0641. The lowest BCUT2D eigenvalue weighted by atomic mass is 10.1. The van der Waals surface area contributed by atoms with Crippen LogP contribution in [0.5, 0.6) is 5.75 Å². The second-order valence-corrected chi connectivity index (χ2v) is 4.54. The van der Waals surface area contributed by atoms with Crippen LogP contribution in [0, 0.1) is 12.5 Å². The summed E-state index contributed by atoms with van der Waals surface area (Å²) in [6.07, 6.45) is 6.60. The first-order valence-electron chi connectivity index (χ1n) is 6.65. The molecule has 5 heteroatoms. The second kappa shape index (κ2) is 6.08. The second-order valence-electron chi connectivity index (χ2n) is 4.54. The van der Waals surface area contributed by atoms with E-state index in [0.29, 0.717) is 5.75 Å². The summed E-state index contributed by atoms with van der Waals surface area (Å²) in [5.41, 5.74) is 0. The number of esters is 2. The van der Waals surface area contributed by atoms with E-state index in [2.05, 4.69) is 4.74 Å². The molecule has 0 bridgehead atoms. The summed E-state index contributed by atoms with van der Waals surface area (Å²) < 4.78 is 14.8. The number of benzene rings is 2. The summed E-state index contributed by atoms with van der Waals surface area (Å²) >= 11 is 0. The molecule has 0 aliphatic carbocycles. The Bertz CT molecular complexity index is 924. The largest absolute Gasteiger partial charge is 0.442 e. The molecule has 0 radical (unpaired) electrons. The number of carbonyl (C=O) groups excluding carboxylic acids is 2. The molecule has 0 N–H and O–H groups in total. The van der Waals surface area contributed by atoms with Gasteiger partial charge in [0.1, 0.15) is 11.9 Å². The first-order valence-corrected chi connectivity index (χ1v) is 6.65. The third-order valence-corrected chi connectivity index (χ3v) is 3.11. The highest BCUT2D eigenvalue weighted by molar-refractivity contribution is 5.95. The van der Waals surface area contributed by atoms with Gasteiger partial charge in [-0.05, 0) is 23.6 Å². The fourth-order valence-electron chi connectivity index (χ4n) is 2.10. The first kappa shape index (κ1) is 14.4. The topological polar surface area (TPSA) is 65.7 Å². The molecule has 0 aliphatic heterocycles. The molecule has 23 heavy (non-hydrogen) atoms. The fraction of sp³-hybridized carbons (Fsp3) is 0. The van der Waals surface area contributed by atoms with Gasteiger partial charge in [-0.2, -0.15) is 0 Å². The molecule has 3 aromatic rings. The average molecular weight is 306 g/mol. The molecule has 112 valence electrons. The van der Waals surface area contributed by atoms with Crippen molar-refractivity contribution in [3.8, 4) is 18.3 Å². The van der Waals surface area contributed by atoms with Gasteiger partial charge in [-0.15, -0.1) is 0 Å². The SMILES string of the molecule is C#COC(=O)c1ccc(C(=O)Oc2cccc3ccccc23)o1. The zero-order valence-electron chi connectivity index (χ0n) is 11.8.